The Labute approximate surface area is 112 Å². The number of thioether (sulfide) groups is 1. The van der Waals surface area contributed by atoms with Gasteiger partial charge in [-0.3, -0.25) is 10.1 Å². The average molecular weight is 262 g/mol. The van der Waals surface area contributed by atoms with Crippen molar-refractivity contribution in [2.45, 2.75) is 17.7 Å². The largest absolute Gasteiger partial charge is 0.337 e. The van der Waals surface area contributed by atoms with Crippen molar-refractivity contribution in [3.63, 3.8) is 0 Å². The Morgan fingerprint density at radius 2 is 2.11 bits per heavy atom. The highest BCUT2D eigenvalue weighted by molar-refractivity contribution is 8.01. The van der Waals surface area contributed by atoms with E-state index in [1.54, 1.807) is 0 Å². The highest BCUT2D eigenvalue weighted by atomic mass is 32.2. The quantitative estimate of drug-likeness (QED) is 0.896. The van der Waals surface area contributed by atoms with Crippen molar-refractivity contribution < 1.29 is 4.79 Å². The molecular formula is C14H18N2OS. The number of carbonyl (C=O) groups is 1. The highest BCUT2D eigenvalue weighted by Gasteiger charge is 2.47. The van der Waals surface area contributed by atoms with Gasteiger partial charge in [-0.2, -0.15) is 0 Å². The van der Waals surface area contributed by atoms with E-state index in [0.717, 1.165) is 26.1 Å². The number of benzene rings is 1. The van der Waals surface area contributed by atoms with E-state index in [1.165, 1.54) is 11.3 Å². The van der Waals surface area contributed by atoms with E-state index in [2.05, 4.69) is 17.4 Å². The van der Waals surface area contributed by atoms with Gasteiger partial charge in [-0.05, 0) is 12.0 Å². The molecule has 1 amide bonds. The minimum atomic E-state index is 0.197. The van der Waals surface area contributed by atoms with Crippen molar-refractivity contribution in [3.8, 4) is 0 Å². The van der Waals surface area contributed by atoms with Gasteiger partial charge in [0.15, 0.2) is 0 Å². The maximum absolute atomic E-state index is 12.0. The lowest BCUT2D eigenvalue weighted by Gasteiger charge is -2.47. The zero-order chi connectivity index (χ0) is 12.4. The van der Waals surface area contributed by atoms with Crippen molar-refractivity contribution in [3.05, 3.63) is 35.9 Å². The summed E-state index contributed by atoms with van der Waals surface area (Å²) < 4.78 is 0. The lowest BCUT2D eigenvalue weighted by atomic mass is 10.1. The summed E-state index contributed by atoms with van der Waals surface area (Å²) in [6, 6.07) is 10.2. The smallest absolute Gasteiger partial charge is 0.223 e. The summed E-state index contributed by atoms with van der Waals surface area (Å²) in [6.07, 6.45) is 1.48. The Kier molecular flexibility index (Phi) is 3.31. The van der Waals surface area contributed by atoms with Crippen LogP contribution in [0, 0.1) is 0 Å². The van der Waals surface area contributed by atoms with Crippen molar-refractivity contribution >= 4 is 17.7 Å². The SMILES string of the molecule is O=C(CCc1ccccc1)N1CC2(C1)NCCS2. The van der Waals surface area contributed by atoms with Gasteiger partial charge in [0, 0.05) is 18.7 Å². The molecule has 1 aromatic rings. The van der Waals surface area contributed by atoms with Gasteiger partial charge in [0.25, 0.3) is 0 Å². The molecule has 2 heterocycles. The van der Waals surface area contributed by atoms with E-state index < -0.39 is 0 Å². The summed E-state index contributed by atoms with van der Waals surface area (Å²) in [4.78, 5) is 14.2. The summed E-state index contributed by atoms with van der Waals surface area (Å²) in [6.45, 7) is 2.84. The molecular weight excluding hydrogens is 244 g/mol. The first-order valence-corrected chi connectivity index (χ1v) is 7.47. The molecule has 2 saturated heterocycles. The molecule has 18 heavy (non-hydrogen) atoms. The molecule has 3 rings (SSSR count). The van der Waals surface area contributed by atoms with Gasteiger partial charge < -0.3 is 4.90 Å². The summed E-state index contributed by atoms with van der Waals surface area (Å²) in [7, 11) is 0. The van der Waals surface area contributed by atoms with Gasteiger partial charge >= 0.3 is 0 Å². The van der Waals surface area contributed by atoms with Crippen LogP contribution in [0.1, 0.15) is 12.0 Å². The van der Waals surface area contributed by atoms with Crippen LogP contribution in [-0.2, 0) is 11.2 Å². The molecule has 1 spiro atoms. The molecule has 1 aromatic carbocycles. The van der Waals surface area contributed by atoms with Gasteiger partial charge in [0.05, 0.1) is 13.1 Å². The molecule has 2 aliphatic rings. The molecule has 1 N–H and O–H groups in total. The molecule has 0 unspecified atom stereocenters. The molecule has 0 radical (unpaired) electrons. The van der Waals surface area contributed by atoms with Crippen molar-refractivity contribution in [2.24, 2.45) is 0 Å². The monoisotopic (exact) mass is 262 g/mol. The minimum absolute atomic E-state index is 0.197. The fourth-order valence-electron chi connectivity index (χ4n) is 2.58. The third kappa shape index (κ3) is 2.40. The first kappa shape index (κ1) is 12.1. The van der Waals surface area contributed by atoms with E-state index in [9.17, 15) is 4.79 Å². The maximum atomic E-state index is 12.0. The molecule has 2 fully saturated rings. The first-order chi connectivity index (χ1) is 8.77. The summed E-state index contributed by atoms with van der Waals surface area (Å²) >= 11 is 1.96. The van der Waals surface area contributed by atoms with Crippen LogP contribution in [0.15, 0.2) is 30.3 Å². The minimum Gasteiger partial charge on any atom is -0.337 e. The Bertz CT molecular complexity index is 421. The third-order valence-corrected chi connectivity index (χ3v) is 5.01. The van der Waals surface area contributed by atoms with Crippen molar-refractivity contribution in [2.75, 3.05) is 25.4 Å². The Morgan fingerprint density at radius 1 is 1.33 bits per heavy atom. The predicted molar refractivity (Wildman–Crippen MR) is 74.5 cm³/mol. The molecule has 0 saturated carbocycles. The standard InChI is InChI=1S/C14H18N2OS/c17-13(7-6-12-4-2-1-3-5-12)16-10-14(11-16)15-8-9-18-14/h1-5,15H,6-11H2. The van der Waals surface area contributed by atoms with E-state index in [-0.39, 0.29) is 4.87 Å². The van der Waals surface area contributed by atoms with Crippen LogP contribution in [-0.4, -0.2) is 41.1 Å². The molecule has 0 aliphatic carbocycles. The van der Waals surface area contributed by atoms with E-state index in [1.807, 2.05) is 34.9 Å². The van der Waals surface area contributed by atoms with Gasteiger partial charge in [-0.1, -0.05) is 30.3 Å². The number of nitrogens with zero attached hydrogens (tertiary/aromatic N) is 1. The van der Waals surface area contributed by atoms with Crippen LogP contribution in [0.2, 0.25) is 0 Å². The summed E-state index contributed by atoms with van der Waals surface area (Å²) in [5, 5.41) is 3.50. The van der Waals surface area contributed by atoms with E-state index in [0.29, 0.717) is 12.3 Å². The van der Waals surface area contributed by atoms with Crippen LogP contribution in [0.4, 0.5) is 0 Å². The van der Waals surface area contributed by atoms with Gasteiger partial charge in [-0.25, -0.2) is 0 Å². The van der Waals surface area contributed by atoms with Gasteiger partial charge in [0.1, 0.15) is 4.87 Å². The molecule has 4 heteroatoms. The van der Waals surface area contributed by atoms with Gasteiger partial charge in [-0.15, -0.1) is 11.8 Å². The molecule has 0 aromatic heterocycles. The molecule has 0 atom stereocenters. The number of likely N-dealkylation sites (tertiary alicyclic amines) is 1. The second-order valence-electron chi connectivity index (χ2n) is 5.00. The summed E-state index contributed by atoms with van der Waals surface area (Å²) in [5.74, 6) is 1.46. The second kappa shape index (κ2) is 4.94. The summed E-state index contributed by atoms with van der Waals surface area (Å²) in [5.41, 5.74) is 1.24. The Balaban J connectivity index is 1.46. The number of rotatable bonds is 3. The third-order valence-electron chi connectivity index (χ3n) is 3.64. The van der Waals surface area contributed by atoms with Crippen molar-refractivity contribution in [1.82, 2.24) is 10.2 Å². The van der Waals surface area contributed by atoms with Crippen molar-refractivity contribution in [1.29, 1.82) is 0 Å². The first-order valence-electron chi connectivity index (χ1n) is 6.48. The van der Waals surface area contributed by atoms with Gasteiger partial charge in [0.2, 0.25) is 5.91 Å². The number of nitrogens with one attached hydrogen (secondary N) is 1. The number of aryl methyl sites for hydroxylation is 1. The zero-order valence-electron chi connectivity index (χ0n) is 10.4. The lowest BCUT2D eigenvalue weighted by molar-refractivity contribution is -0.136. The Hall–Kier alpha value is -1.00. The number of carbonyl (C=O) groups excluding carboxylic acids is 1. The Morgan fingerprint density at radius 3 is 2.78 bits per heavy atom. The molecule has 2 aliphatic heterocycles. The maximum Gasteiger partial charge on any atom is 0.223 e. The molecule has 96 valence electrons. The topological polar surface area (TPSA) is 32.3 Å². The normalized spacial score (nSPS) is 21.0. The molecule has 3 nitrogen and oxygen atoms in total. The lowest BCUT2D eigenvalue weighted by Crippen LogP contribution is -2.66. The van der Waals surface area contributed by atoms with E-state index >= 15 is 0 Å². The van der Waals surface area contributed by atoms with Crippen LogP contribution in [0.25, 0.3) is 0 Å². The van der Waals surface area contributed by atoms with E-state index in [4.69, 9.17) is 0 Å². The fourth-order valence-corrected chi connectivity index (χ4v) is 3.87. The van der Waals surface area contributed by atoms with Crippen LogP contribution in [0.3, 0.4) is 0 Å². The predicted octanol–water partition coefficient (Wildman–Crippen LogP) is 1.49. The number of amides is 1. The average Bonchev–Trinajstić information content (AvgIpc) is 2.85. The fraction of sp³-hybridized carbons (Fsp3) is 0.500. The van der Waals surface area contributed by atoms with Crippen LogP contribution in [0.5, 0.6) is 0 Å². The van der Waals surface area contributed by atoms with Crippen LogP contribution >= 0.6 is 11.8 Å². The molecule has 0 bridgehead atoms. The second-order valence-corrected chi connectivity index (χ2v) is 6.48. The zero-order valence-corrected chi connectivity index (χ0v) is 11.2. The van der Waals surface area contributed by atoms with Crippen LogP contribution < -0.4 is 5.32 Å². The highest BCUT2D eigenvalue weighted by Crippen LogP contribution is 2.36. The number of hydrogen-bond donors (Lipinski definition) is 1. The number of hydrogen-bond acceptors (Lipinski definition) is 3.